The molecular formula is C33H62NO6+. The van der Waals surface area contributed by atoms with Crippen molar-refractivity contribution >= 4 is 17.9 Å². The Balaban J connectivity index is 4.52. The van der Waals surface area contributed by atoms with E-state index >= 15 is 0 Å². The highest BCUT2D eigenvalue weighted by Crippen LogP contribution is 2.19. The monoisotopic (exact) mass is 568 g/mol. The average molecular weight is 569 g/mol. The first-order valence-corrected chi connectivity index (χ1v) is 16.5. The Labute approximate surface area is 245 Å². The van der Waals surface area contributed by atoms with Gasteiger partial charge in [-0.2, -0.15) is 0 Å². The summed E-state index contributed by atoms with van der Waals surface area (Å²) >= 11 is 0. The van der Waals surface area contributed by atoms with Gasteiger partial charge < -0.3 is 15.3 Å². The summed E-state index contributed by atoms with van der Waals surface area (Å²) in [6.45, 7) is 4.69. The number of hydrogen-bond acceptors (Lipinski definition) is 3. The molecule has 0 bridgehead atoms. The summed E-state index contributed by atoms with van der Waals surface area (Å²) in [5.41, 5.74) is 0. The lowest BCUT2D eigenvalue weighted by molar-refractivity contribution is -0.880. The van der Waals surface area contributed by atoms with Gasteiger partial charge in [0.15, 0.2) is 0 Å². The smallest absolute Gasteiger partial charge is 0.303 e. The Morgan fingerprint density at radius 1 is 0.475 bits per heavy atom. The molecule has 0 atom stereocenters. The molecule has 0 radical (unpaired) electrons. The summed E-state index contributed by atoms with van der Waals surface area (Å²) in [5.74, 6) is -2.35. The van der Waals surface area contributed by atoms with Gasteiger partial charge in [0, 0.05) is 19.3 Å². The predicted molar refractivity (Wildman–Crippen MR) is 163 cm³/mol. The van der Waals surface area contributed by atoms with Crippen molar-refractivity contribution in [1.29, 1.82) is 0 Å². The lowest BCUT2D eigenvalue weighted by atomic mass is 10.0. The minimum absolute atomic E-state index is 0.154. The van der Waals surface area contributed by atoms with E-state index in [2.05, 4.69) is 19.2 Å². The van der Waals surface area contributed by atoms with Crippen LogP contribution in [0.1, 0.15) is 161 Å². The average Bonchev–Trinajstić information content (AvgIpc) is 2.91. The number of unbranched alkanes of at least 4 members (excludes halogenated alkanes) is 17. The van der Waals surface area contributed by atoms with Crippen LogP contribution >= 0.6 is 0 Å². The second-order valence-corrected chi connectivity index (χ2v) is 11.7. The molecule has 0 aliphatic carbocycles. The van der Waals surface area contributed by atoms with Gasteiger partial charge in [0.1, 0.15) is 0 Å². The molecule has 0 aromatic carbocycles. The van der Waals surface area contributed by atoms with Gasteiger partial charge in [-0.1, -0.05) is 90.4 Å². The highest BCUT2D eigenvalue weighted by atomic mass is 16.4. The molecule has 7 heteroatoms. The molecule has 0 spiro atoms. The van der Waals surface area contributed by atoms with Crippen molar-refractivity contribution in [3.63, 3.8) is 0 Å². The Bertz CT molecular complexity index is 608. The highest BCUT2D eigenvalue weighted by Gasteiger charge is 2.24. The van der Waals surface area contributed by atoms with Crippen LogP contribution in [0.4, 0.5) is 0 Å². The van der Waals surface area contributed by atoms with Crippen molar-refractivity contribution in [2.45, 2.75) is 161 Å². The SMILES string of the molecule is CCCCCCCCCCCCCCCC/C=C/[N+](CCCCC(=O)O)(CCCCC(=O)O)CCCCC(=O)O. The fourth-order valence-corrected chi connectivity index (χ4v) is 5.42. The second kappa shape index (κ2) is 27.3. The molecule has 0 fully saturated rings. The fourth-order valence-electron chi connectivity index (χ4n) is 5.42. The van der Waals surface area contributed by atoms with Gasteiger partial charge in [-0.05, 0) is 57.4 Å². The summed E-state index contributed by atoms with van der Waals surface area (Å²) in [5, 5.41) is 27.1. The van der Waals surface area contributed by atoms with E-state index in [9.17, 15) is 14.4 Å². The molecule has 234 valence electrons. The van der Waals surface area contributed by atoms with E-state index in [0.717, 1.165) is 51.7 Å². The van der Waals surface area contributed by atoms with Gasteiger partial charge in [0.25, 0.3) is 0 Å². The summed E-state index contributed by atoms with van der Waals surface area (Å²) in [6, 6.07) is 0. The van der Waals surface area contributed by atoms with Crippen LogP contribution in [0.5, 0.6) is 0 Å². The van der Waals surface area contributed by atoms with Crippen LogP contribution in [0, 0.1) is 0 Å². The second-order valence-electron chi connectivity index (χ2n) is 11.7. The van der Waals surface area contributed by atoms with E-state index in [1.165, 1.54) is 83.5 Å². The number of rotatable bonds is 31. The van der Waals surface area contributed by atoms with E-state index in [1.807, 2.05) is 0 Å². The predicted octanol–water partition coefficient (Wildman–Crippen LogP) is 8.95. The highest BCUT2D eigenvalue weighted by molar-refractivity contribution is 5.67. The van der Waals surface area contributed by atoms with Crippen molar-refractivity contribution in [3.05, 3.63) is 12.3 Å². The number of carboxylic acid groups (broad SMARTS) is 3. The summed E-state index contributed by atoms with van der Waals surface area (Å²) in [6.07, 6.45) is 29.0. The van der Waals surface area contributed by atoms with Crippen LogP contribution in [0.25, 0.3) is 0 Å². The Morgan fingerprint density at radius 2 is 0.800 bits per heavy atom. The molecule has 0 aliphatic heterocycles. The largest absolute Gasteiger partial charge is 0.481 e. The maximum absolute atomic E-state index is 11.0. The molecule has 0 aromatic heterocycles. The molecule has 0 heterocycles. The molecule has 0 rings (SSSR count). The van der Waals surface area contributed by atoms with Gasteiger partial charge in [-0.15, -0.1) is 0 Å². The first kappa shape index (κ1) is 38.1. The molecule has 0 aliphatic rings. The molecule has 0 amide bonds. The third-order valence-electron chi connectivity index (χ3n) is 7.88. The lowest BCUT2D eigenvalue weighted by Gasteiger charge is -2.35. The third kappa shape index (κ3) is 26.3. The van der Waals surface area contributed by atoms with Gasteiger partial charge in [0.2, 0.25) is 0 Å². The normalized spacial score (nSPS) is 11.8. The Kier molecular flexibility index (Phi) is 26.0. The number of allylic oxidation sites excluding steroid dienone is 1. The van der Waals surface area contributed by atoms with Crippen LogP contribution < -0.4 is 0 Å². The minimum atomic E-state index is -0.783. The standard InChI is InChI=1S/C33H61NO6/c1-2-3-4-5-6-7-8-9-10-11-12-13-14-15-16-20-27-34(28-21-17-24-31(35)36,29-22-18-25-32(37)38)30-23-19-26-33(39)40/h20,27H,2-19,21-26,28-30H2,1H3,(H2-,35,36,37,38,39,40)/p+1/b27-20+. The first-order chi connectivity index (χ1) is 19.3. The summed E-state index contributed by atoms with van der Waals surface area (Å²) in [4.78, 5) is 32.9. The van der Waals surface area contributed by atoms with Gasteiger partial charge in [-0.25, -0.2) is 0 Å². The van der Waals surface area contributed by atoms with E-state index < -0.39 is 17.9 Å². The fraction of sp³-hybridized carbons (Fsp3) is 0.848. The van der Waals surface area contributed by atoms with Crippen LogP contribution in [-0.2, 0) is 14.4 Å². The van der Waals surface area contributed by atoms with Crippen molar-refractivity contribution in [1.82, 2.24) is 0 Å². The van der Waals surface area contributed by atoms with E-state index in [-0.39, 0.29) is 19.3 Å². The Morgan fingerprint density at radius 3 is 1.12 bits per heavy atom. The first-order valence-electron chi connectivity index (χ1n) is 16.5. The van der Waals surface area contributed by atoms with Crippen molar-refractivity contribution in [3.8, 4) is 0 Å². The third-order valence-corrected chi connectivity index (χ3v) is 7.88. The van der Waals surface area contributed by atoms with Crippen molar-refractivity contribution in [2.75, 3.05) is 19.6 Å². The van der Waals surface area contributed by atoms with E-state index in [1.54, 1.807) is 0 Å². The zero-order valence-electron chi connectivity index (χ0n) is 25.8. The van der Waals surface area contributed by atoms with Crippen LogP contribution in [0.15, 0.2) is 12.3 Å². The van der Waals surface area contributed by atoms with E-state index in [0.29, 0.717) is 23.7 Å². The molecule has 3 N–H and O–H groups in total. The molecule has 0 unspecified atom stereocenters. The van der Waals surface area contributed by atoms with Gasteiger partial charge in [-0.3, -0.25) is 18.9 Å². The van der Waals surface area contributed by atoms with Crippen LogP contribution in [0.3, 0.4) is 0 Å². The Hall–Kier alpha value is -1.89. The van der Waals surface area contributed by atoms with Crippen molar-refractivity contribution in [2.24, 2.45) is 0 Å². The van der Waals surface area contributed by atoms with Crippen molar-refractivity contribution < 1.29 is 34.2 Å². The molecule has 0 aromatic rings. The topological polar surface area (TPSA) is 112 Å². The quantitative estimate of drug-likeness (QED) is 0.0568. The lowest BCUT2D eigenvalue weighted by Crippen LogP contribution is -2.45. The molecule has 0 saturated carbocycles. The number of hydrogen-bond donors (Lipinski definition) is 3. The molecular weight excluding hydrogens is 506 g/mol. The summed E-state index contributed by atoms with van der Waals surface area (Å²) in [7, 11) is 0. The van der Waals surface area contributed by atoms with Crippen LogP contribution in [0.2, 0.25) is 0 Å². The zero-order chi connectivity index (χ0) is 29.7. The maximum Gasteiger partial charge on any atom is 0.303 e. The number of quaternary nitrogens is 1. The van der Waals surface area contributed by atoms with Crippen LogP contribution in [-0.4, -0.2) is 57.3 Å². The van der Waals surface area contributed by atoms with E-state index in [4.69, 9.17) is 15.3 Å². The number of nitrogens with zero attached hydrogens (tertiary/aromatic N) is 1. The zero-order valence-corrected chi connectivity index (χ0v) is 25.8. The molecule has 40 heavy (non-hydrogen) atoms. The summed E-state index contributed by atoms with van der Waals surface area (Å²) < 4.78 is 0.692. The van der Waals surface area contributed by atoms with Gasteiger partial charge in [0.05, 0.1) is 25.8 Å². The minimum Gasteiger partial charge on any atom is -0.481 e. The maximum atomic E-state index is 11.0. The molecule has 0 saturated heterocycles. The van der Waals surface area contributed by atoms with Gasteiger partial charge >= 0.3 is 17.9 Å². The number of carbonyl (C=O) groups is 3. The molecule has 7 nitrogen and oxygen atoms in total. The number of carboxylic acids is 3. The number of aliphatic carboxylic acids is 3.